The van der Waals surface area contributed by atoms with Gasteiger partial charge in [-0.25, -0.2) is 8.42 Å². The van der Waals surface area contributed by atoms with Crippen LogP contribution in [0.15, 0.2) is 29.2 Å². The summed E-state index contributed by atoms with van der Waals surface area (Å²) in [7, 11) is -3.63. The molecule has 5 rings (SSSR count). The van der Waals surface area contributed by atoms with Gasteiger partial charge in [0, 0.05) is 47.2 Å². The van der Waals surface area contributed by atoms with Crippen LogP contribution in [0.1, 0.15) is 85.0 Å². The number of thiophene rings is 1. The smallest absolute Gasteiger partial charge is 0.257 e. The van der Waals surface area contributed by atoms with E-state index >= 15 is 0 Å². The quantitative estimate of drug-likeness (QED) is 0.542. The van der Waals surface area contributed by atoms with Gasteiger partial charge in [0.15, 0.2) is 0 Å². The number of ether oxygens (including phenoxy) is 1. The van der Waals surface area contributed by atoms with Crippen molar-refractivity contribution in [2.24, 2.45) is 0 Å². The first-order chi connectivity index (χ1) is 18.8. The average molecular weight is 589 g/mol. The molecule has 9 nitrogen and oxygen atoms in total. The molecule has 2 N–H and O–H groups in total. The summed E-state index contributed by atoms with van der Waals surface area (Å²) in [5, 5.41) is 7.21. The predicted octanol–water partition coefficient (Wildman–Crippen LogP) is 4.20. The van der Waals surface area contributed by atoms with Crippen molar-refractivity contribution in [3.8, 4) is 0 Å². The number of nitrogens with one attached hydrogen (secondary N) is 2. The number of nitrogens with zero attached hydrogens (tertiary/aromatic N) is 2. The van der Waals surface area contributed by atoms with Gasteiger partial charge >= 0.3 is 0 Å². The zero-order chi connectivity index (χ0) is 28.9. The van der Waals surface area contributed by atoms with Crippen molar-refractivity contribution in [1.82, 2.24) is 14.5 Å². The van der Waals surface area contributed by atoms with Gasteiger partial charge in [-0.15, -0.1) is 11.3 Å². The molecule has 0 radical (unpaired) electrons. The number of amides is 2. The Kier molecular flexibility index (Phi) is 7.90. The van der Waals surface area contributed by atoms with Crippen LogP contribution in [0.25, 0.3) is 0 Å². The summed E-state index contributed by atoms with van der Waals surface area (Å²) in [6.07, 6.45) is 3.38. The van der Waals surface area contributed by atoms with Gasteiger partial charge in [-0.2, -0.15) is 4.31 Å². The minimum absolute atomic E-state index is 0.0438. The lowest BCUT2D eigenvalue weighted by Gasteiger charge is -2.42. The zero-order valence-electron chi connectivity index (χ0n) is 24.0. The topological polar surface area (TPSA) is 108 Å². The van der Waals surface area contributed by atoms with Crippen LogP contribution in [0.4, 0.5) is 5.00 Å². The first-order valence-corrected chi connectivity index (χ1v) is 16.3. The normalized spacial score (nSPS) is 22.9. The Bertz CT molecular complexity index is 1390. The van der Waals surface area contributed by atoms with Crippen LogP contribution < -0.4 is 10.6 Å². The first-order valence-electron chi connectivity index (χ1n) is 14.1. The molecule has 0 bridgehead atoms. The molecule has 1 unspecified atom stereocenters. The highest BCUT2D eigenvalue weighted by atomic mass is 32.2. The molecule has 1 aromatic carbocycles. The van der Waals surface area contributed by atoms with Gasteiger partial charge in [0.1, 0.15) is 5.00 Å². The van der Waals surface area contributed by atoms with Crippen molar-refractivity contribution in [2.75, 3.05) is 38.2 Å². The molecule has 2 fully saturated rings. The van der Waals surface area contributed by atoms with Crippen LogP contribution in [0.3, 0.4) is 0 Å². The summed E-state index contributed by atoms with van der Waals surface area (Å²) < 4.78 is 33.5. The molecule has 3 aliphatic heterocycles. The van der Waals surface area contributed by atoms with Crippen molar-refractivity contribution in [3.05, 3.63) is 45.8 Å². The lowest BCUT2D eigenvalue weighted by Crippen LogP contribution is -2.55. The molecule has 3 aliphatic rings. The summed E-state index contributed by atoms with van der Waals surface area (Å²) >= 11 is 1.44. The largest absolute Gasteiger partial charge is 0.378 e. The lowest BCUT2D eigenvalue weighted by molar-refractivity contribution is 0.0302. The number of anilines is 1. The molecule has 2 saturated heterocycles. The number of carbonyl (C=O) groups excluding carboxylic acids is 2. The van der Waals surface area contributed by atoms with E-state index in [0.29, 0.717) is 55.4 Å². The minimum Gasteiger partial charge on any atom is -0.378 e. The summed E-state index contributed by atoms with van der Waals surface area (Å²) in [5.41, 5.74) is 1.25. The first kappa shape index (κ1) is 29.2. The van der Waals surface area contributed by atoms with Gasteiger partial charge in [0.05, 0.1) is 23.7 Å². The zero-order valence-corrected chi connectivity index (χ0v) is 25.6. The minimum atomic E-state index is -3.63. The van der Waals surface area contributed by atoms with Crippen LogP contribution in [0, 0.1) is 0 Å². The van der Waals surface area contributed by atoms with Crippen LogP contribution in [0.2, 0.25) is 0 Å². The number of hydrogen-bond donors (Lipinski definition) is 2. The molecule has 0 aliphatic carbocycles. The predicted molar refractivity (Wildman–Crippen MR) is 157 cm³/mol. The fourth-order valence-corrected chi connectivity index (χ4v) is 9.25. The van der Waals surface area contributed by atoms with Crippen molar-refractivity contribution < 1.29 is 22.7 Å². The molecule has 40 heavy (non-hydrogen) atoms. The number of carbonyl (C=O) groups is 2. The molecule has 0 saturated carbocycles. The van der Waals surface area contributed by atoms with E-state index < -0.39 is 10.0 Å². The number of hydrogen-bond acceptors (Lipinski definition) is 7. The van der Waals surface area contributed by atoms with E-state index in [-0.39, 0.29) is 33.8 Å². The number of fused-ring (bicyclic) bond motifs is 1. The van der Waals surface area contributed by atoms with Crippen LogP contribution in [-0.4, -0.2) is 73.9 Å². The van der Waals surface area contributed by atoms with E-state index in [9.17, 15) is 18.0 Å². The third-order valence-corrected chi connectivity index (χ3v) is 11.5. The molecule has 2 aromatic rings. The Hall–Kier alpha value is -2.31. The SMILES string of the molecule is CC1CCCCN1S(=O)(=O)c1ccc(C(=O)Nc2sc3c(c2C(=O)N2CCOCC2)CC(C)(C)NC3(C)C)cc1. The summed E-state index contributed by atoms with van der Waals surface area (Å²) in [5.74, 6) is -0.475. The number of piperidine rings is 1. The van der Waals surface area contributed by atoms with Gasteiger partial charge in [-0.1, -0.05) is 6.42 Å². The van der Waals surface area contributed by atoms with Gasteiger partial charge in [0.2, 0.25) is 10.0 Å². The third-order valence-electron chi connectivity index (χ3n) is 8.05. The van der Waals surface area contributed by atoms with Gasteiger partial charge < -0.3 is 20.3 Å². The number of morpholine rings is 1. The van der Waals surface area contributed by atoms with Crippen molar-refractivity contribution in [3.63, 3.8) is 0 Å². The maximum Gasteiger partial charge on any atom is 0.257 e. The summed E-state index contributed by atoms with van der Waals surface area (Å²) in [6, 6.07) is 6.05. The average Bonchev–Trinajstić information content (AvgIpc) is 3.26. The Morgan fingerprint density at radius 1 is 1.05 bits per heavy atom. The van der Waals surface area contributed by atoms with Crippen LogP contribution in [0.5, 0.6) is 0 Å². The molecule has 1 aromatic heterocycles. The molecular formula is C29H40N4O5S2. The maximum absolute atomic E-state index is 13.9. The summed E-state index contributed by atoms with van der Waals surface area (Å²) in [6.45, 7) is 12.9. The van der Waals surface area contributed by atoms with Crippen molar-refractivity contribution in [1.29, 1.82) is 0 Å². The highest BCUT2D eigenvalue weighted by Crippen LogP contribution is 2.45. The molecule has 1 atom stereocenters. The summed E-state index contributed by atoms with van der Waals surface area (Å²) in [4.78, 5) is 30.3. The molecular weight excluding hydrogens is 548 g/mol. The van der Waals surface area contributed by atoms with E-state index in [0.717, 1.165) is 29.7 Å². The van der Waals surface area contributed by atoms with Crippen LogP contribution >= 0.6 is 11.3 Å². The fourth-order valence-electron chi connectivity index (χ4n) is 6.28. The third kappa shape index (κ3) is 5.59. The van der Waals surface area contributed by atoms with E-state index in [1.165, 1.54) is 23.5 Å². The van der Waals surface area contributed by atoms with E-state index in [2.05, 4.69) is 38.3 Å². The standard InChI is InChI=1S/C29H40N4O5S2/c1-19-8-6-7-13-33(19)40(36,37)21-11-9-20(10-12-21)25(34)30-26-23(27(35)32-14-16-38-17-15-32)22-18-28(2,3)31-29(4,5)24(22)39-26/h9-12,19,31H,6-8,13-18H2,1-5H3,(H,30,34). The Morgan fingerprint density at radius 3 is 2.38 bits per heavy atom. The fraction of sp³-hybridized carbons (Fsp3) is 0.586. The second kappa shape index (κ2) is 10.8. The highest BCUT2D eigenvalue weighted by Gasteiger charge is 2.42. The maximum atomic E-state index is 13.9. The number of rotatable bonds is 5. The highest BCUT2D eigenvalue weighted by molar-refractivity contribution is 7.89. The van der Waals surface area contributed by atoms with Gasteiger partial charge in [-0.05, 0) is 83.7 Å². The second-order valence-electron chi connectivity index (χ2n) is 12.3. The van der Waals surface area contributed by atoms with Crippen molar-refractivity contribution >= 4 is 38.2 Å². The van der Waals surface area contributed by atoms with Gasteiger partial charge in [-0.3, -0.25) is 9.59 Å². The van der Waals surface area contributed by atoms with Crippen LogP contribution in [-0.2, 0) is 26.7 Å². The monoisotopic (exact) mass is 588 g/mol. The van der Waals surface area contributed by atoms with Gasteiger partial charge in [0.25, 0.3) is 11.8 Å². The molecule has 2 amide bonds. The molecule has 218 valence electrons. The number of benzene rings is 1. The Balaban J connectivity index is 1.45. The lowest BCUT2D eigenvalue weighted by atomic mass is 9.81. The number of sulfonamides is 1. The molecule has 4 heterocycles. The van der Waals surface area contributed by atoms with Crippen molar-refractivity contribution in [2.45, 2.75) is 82.3 Å². The second-order valence-corrected chi connectivity index (χ2v) is 15.2. The van der Waals surface area contributed by atoms with E-state index in [1.807, 2.05) is 6.92 Å². The molecule has 11 heteroatoms. The Labute approximate surface area is 241 Å². The van der Waals surface area contributed by atoms with E-state index in [1.54, 1.807) is 21.3 Å². The Morgan fingerprint density at radius 2 is 1.73 bits per heavy atom. The molecule has 0 spiro atoms. The van der Waals surface area contributed by atoms with E-state index in [4.69, 9.17) is 4.74 Å².